The van der Waals surface area contributed by atoms with Crippen LogP contribution in [0.15, 0.2) is 72.8 Å². The molecule has 0 atom stereocenters. The fourth-order valence-electron chi connectivity index (χ4n) is 2.19. The number of halogens is 1. The Bertz CT molecular complexity index is 918. The van der Waals surface area contributed by atoms with Crippen molar-refractivity contribution in [3.8, 4) is 11.3 Å². The van der Waals surface area contributed by atoms with Crippen LogP contribution < -0.4 is 5.73 Å². The van der Waals surface area contributed by atoms with Crippen LogP contribution >= 0.6 is 11.6 Å². The van der Waals surface area contributed by atoms with Gasteiger partial charge in [-0.15, -0.1) is 0 Å². The lowest BCUT2D eigenvalue weighted by molar-refractivity contribution is 0.0594. The summed E-state index contributed by atoms with van der Waals surface area (Å²) in [6, 6.07) is 22.1. The van der Waals surface area contributed by atoms with E-state index in [-0.39, 0.29) is 12.3 Å². The topological polar surface area (TPSA) is 91.5 Å². The number of nitrogens with zero attached hydrogens (tertiary/aromatic N) is 1. The molecular formula is C21H19ClN2O4. The predicted molar refractivity (Wildman–Crippen MR) is 107 cm³/mol. The van der Waals surface area contributed by atoms with Crippen molar-refractivity contribution in [3.05, 3.63) is 89.1 Å². The molecule has 0 aliphatic heterocycles. The molecule has 3 rings (SSSR count). The summed E-state index contributed by atoms with van der Waals surface area (Å²) >= 11 is 5.95. The summed E-state index contributed by atoms with van der Waals surface area (Å²) in [6.07, 6.45) is -0.742. The van der Waals surface area contributed by atoms with Gasteiger partial charge in [0.05, 0.1) is 12.8 Å². The number of rotatable bonds is 4. The second-order valence-electron chi connectivity index (χ2n) is 5.51. The van der Waals surface area contributed by atoms with Crippen molar-refractivity contribution in [2.75, 3.05) is 7.11 Å². The molecule has 3 aromatic rings. The smallest absolute Gasteiger partial charge is 0.404 e. The third-order valence-electron chi connectivity index (χ3n) is 3.48. The van der Waals surface area contributed by atoms with Crippen LogP contribution in [0.1, 0.15) is 16.1 Å². The average molecular weight is 399 g/mol. The number of carbonyl (C=O) groups excluding carboxylic acids is 2. The number of hydrogen-bond acceptors (Lipinski definition) is 5. The molecule has 28 heavy (non-hydrogen) atoms. The highest BCUT2D eigenvalue weighted by atomic mass is 35.5. The van der Waals surface area contributed by atoms with Crippen LogP contribution in [-0.2, 0) is 16.1 Å². The number of methoxy groups -OCH3 is 1. The van der Waals surface area contributed by atoms with Gasteiger partial charge >= 0.3 is 12.1 Å². The Morgan fingerprint density at radius 3 is 2.18 bits per heavy atom. The molecule has 6 nitrogen and oxygen atoms in total. The molecule has 0 fully saturated rings. The molecule has 2 aromatic carbocycles. The highest BCUT2D eigenvalue weighted by molar-refractivity contribution is 6.31. The van der Waals surface area contributed by atoms with Crippen molar-refractivity contribution in [2.24, 2.45) is 5.73 Å². The number of primary amides is 1. The second kappa shape index (κ2) is 10.7. The van der Waals surface area contributed by atoms with Crippen molar-refractivity contribution in [1.82, 2.24) is 4.98 Å². The van der Waals surface area contributed by atoms with Gasteiger partial charge in [0.2, 0.25) is 0 Å². The zero-order valence-corrected chi connectivity index (χ0v) is 15.9. The number of hydrogen-bond donors (Lipinski definition) is 1. The highest BCUT2D eigenvalue weighted by Crippen LogP contribution is 2.21. The summed E-state index contributed by atoms with van der Waals surface area (Å²) in [5.74, 6) is -0.496. The van der Waals surface area contributed by atoms with Crippen LogP contribution in [0.4, 0.5) is 4.79 Å². The fraction of sp³-hybridized carbons (Fsp3) is 0.0952. The minimum atomic E-state index is -0.742. The van der Waals surface area contributed by atoms with Crippen LogP contribution in [0.5, 0.6) is 0 Å². The first kappa shape index (κ1) is 20.9. The van der Waals surface area contributed by atoms with Gasteiger partial charge in [0.1, 0.15) is 6.61 Å². The number of carbonyl (C=O) groups is 2. The standard InChI is InChI=1S/C13H10ClNO2.C8H9NO2/c1-17-13(16)12-8-10(14)7-11(15-12)9-5-3-2-4-6-9;9-8(10)11-6-7-4-2-1-3-5-7/h2-8H,1H3;1-5H,6H2,(H2,9,10). The second-order valence-corrected chi connectivity index (χ2v) is 5.94. The van der Waals surface area contributed by atoms with E-state index < -0.39 is 12.1 Å². The summed E-state index contributed by atoms with van der Waals surface area (Å²) in [7, 11) is 1.31. The SMILES string of the molecule is COC(=O)c1cc(Cl)cc(-c2ccccc2)n1.NC(=O)OCc1ccccc1. The lowest BCUT2D eigenvalue weighted by Gasteiger charge is -2.04. The van der Waals surface area contributed by atoms with E-state index >= 15 is 0 Å². The quantitative estimate of drug-likeness (QED) is 0.654. The Morgan fingerprint density at radius 2 is 1.61 bits per heavy atom. The Balaban J connectivity index is 0.000000221. The lowest BCUT2D eigenvalue weighted by atomic mass is 10.1. The van der Waals surface area contributed by atoms with Gasteiger partial charge in [0.15, 0.2) is 5.69 Å². The van der Waals surface area contributed by atoms with E-state index in [2.05, 4.69) is 14.5 Å². The summed E-state index contributed by atoms with van der Waals surface area (Å²) in [4.78, 5) is 25.8. The van der Waals surface area contributed by atoms with Gasteiger partial charge in [-0.3, -0.25) is 0 Å². The monoisotopic (exact) mass is 398 g/mol. The molecule has 0 unspecified atom stereocenters. The summed E-state index contributed by atoms with van der Waals surface area (Å²) in [5.41, 5.74) is 7.48. The van der Waals surface area contributed by atoms with E-state index in [0.717, 1.165) is 11.1 Å². The first-order chi connectivity index (χ1) is 13.5. The van der Waals surface area contributed by atoms with Gasteiger partial charge in [-0.25, -0.2) is 14.6 Å². The molecule has 0 bridgehead atoms. The molecule has 144 valence electrons. The van der Waals surface area contributed by atoms with E-state index in [1.165, 1.54) is 13.2 Å². The zero-order chi connectivity index (χ0) is 20.4. The number of ether oxygens (including phenoxy) is 2. The van der Waals surface area contributed by atoms with E-state index in [1.54, 1.807) is 6.07 Å². The third-order valence-corrected chi connectivity index (χ3v) is 3.70. The highest BCUT2D eigenvalue weighted by Gasteiger charge is 2.10. The molecule has 0 spiro atoms. The number of benzene rings is 2. The molecule has 1 amide bonds. The maximum atomic E-state index is 11.4. The molecule has 0 radical (unpaired) electrons. The number of amides is 1. The maximum Gasteiger partial charge on any atom is 0.404 e. The largest absolute Gasteiger partial charge is 0.464 e. The molecule has 2 N–H and O–H groups in total. The number of esters is 1. The predicted octanol–water partition coefficient (Wildman–Crippen LogP) is 4.47. The van der Waals surface area contributed by atoms with Crippen LogP contribution in [-0.4, -0.2) is 24.2 Å². The number of pyridine rings is 1. The van der Waals surface area contributed by atoms with Crippen molar-refractivity contribution in [2.45, 2.75) is 6.61 Å². The van der Waals surface area contributed by atoms with Gasteiger partial charge < -0.3 is 15.2 Å². The van der Waals surface area contributed by atoms with Gasteiger partial charge in [0.25, 0.3) is 0 Å². The summed E-state index contributed by atoms with van der Waals surface area (Å²) < 4.78 is 9.19. The third kappa shape index (κ3) is 6.74. The minimum Gasteiger partial charge on any atom is -0.464 e. The normalized spacial score (nSPS) is 9.64. The average Bonchev–Trinajstić information content (AvgIpc) is 2.73. The van der Waals surface area contributed by atoms with Gasteiger partial charge in [-0.2, -0.15) is 0 Å². The minimum absolute atomic E-state index is 0.207. The van der Waals surface area contributed by atoms with Gasteiger partial charge in [-0.1, -0.05) is 72.3 Å². The Labute approximate surface area is 167 Å². The van der Waals surface area contributed by atoms with Crippen LogP contribution in [0.2, 0.25) is 5.02 Å². The van der Waals surface area contributed by atoms with Crippen molar-refractivity contribution in [1.29, 1.82) is 0 Å². The van der Waals surface area contributed by atoms with Crippen LogP contribution in [0.25, 0.3) is 11.3 Å². The maximum absolute atomic E-state index is 11.4. The van der Waals surface area contributed by atoms with E-state index in [0.29, 0.717) is 10.7 Å². The number of aromatic nitrogens is 1. The van der Waals surface area contributed by atoms with Crippen molar-refractivity contribution < 1.29 is 19.1 Å². The Morgan fingerprint density at radius 1 is 1.00 bits per heavy atom. The van der Waals surface area contributed by atoms with E-state index in [9.17, 15) is 9.59 Å². The first-order valence-corrected chi connectivity index (χ1v) is 8.65. The molecule has 0 aliphatic rings. The van der Waals surface area contributed by atoms with E-state index in [1.807, 2.05) is 60.7 Å². The molecule has 0 aliphatic carbocycles. The van der Waals surface area contributed by atoms with Crippen molar-refractivity contribution >= 4 is 23.7 Å². The summed E-state index contributed by atoms with van der Waals surface area (Å²) in [5, 5.41) is 0.458. The van der Waals surface area contributed by atoms with Gasteiger partial charge in [0, 0.05) is 10.6 Å². The first-order valence-electron chi connectivity index (χ1n) is 8.27. The Kier molecular flexibility index (Phi) is 7.99. The summed E-state index contributed by atoms with van der Waals surface area (Å²) in [6.45, 7) is 0.246. The molecule has 1 aromatic heterocycles. The van der Waals surface area contributed by atoms with Crippen molar-refractivity contribution in [3.63, 3.8) is 0 Å². The Hall–Kier alpha value is -3.38. The number of nitrogens with two attached hydrogens (primary N) is 1. The van der Waals surface area contributed by atoms with Crippen LogP contribution in [0.3, 0.4) is 0 Å². The molecule has 0 saturated heterocycles. The zero-order valence-electron chi connectivity index (χ0n) is 15.2. The molecular weight excluding hydrogens is 380 g/mol. The fourth-order valence-corrected chi connectivity index (χ4v) is 2.40. The van der Waals surface area contributed by atoms with Crippen LogP contribution in [0, 0.1) is 0 Å². The molecule has 1 heterocycles. The lowest BCUT2D eigenvalue weighted by Crippen LogP contribution is -2.12. The van der Waals surface area contributed by atoms with Gasteiger partial charge in [-0.05, 0) is 17.7 Å². The molecule has 0 saturated carbocycles. The molecule has 7 heteroatoms. The van der Waals surface area contributed by atoms with E-state index in [4.69, 9.17) is 17.3 Å².